The Morgan fingerprint density at radius 1 is 0.327 bits per heavy atom. The quantitative estimate of drug-likeness (QED) is 0.176. The van der Waals surface area contributed by atoms with Crippen molar-refractivity contribution in [1.29, 1.82) is 0 Å². The Kier molecular flexibility index (Phi) is 7.57. The maximum absolute atomic E-state index is 2.48. The van der Waals surface area contributed by atoms with Gasteiger partial charge in [-0.25, -0.2) is 0 Å². The average Bonchev–Trinajstić information content (AvgIpc) is 3.15. The molecule has 8 rings (SSSR count). The van der Waals surface area contributed by atoms with Gasteiger partial charge in [-0.1, -0.05) is 155 Å². The van der Waals surface area contributed by atoms with Crippen LogP contribution in [0.5, 0.6) is 0 Å². The fraction of sp³-hybridized carbons (Fsp3) is 0.125. The number of hydrogen-bond acceptors (Lipinski definition) is 1. The maximum atomic E-state index is 2.48. The van der Waals surface area contributed by atoms with Crippen LogP contribution in [-0.2, 0) is 10.8 Å². The van der Waals surface area contributed by atoms with E-state index < -0.39 is 0 Å². The van der Waals surface area contributed by atoms with Gasteiger partial charge in [0, 0.05) is 17.1 Å². The topological polar surface area (TPSA) is 3.24 Å². The van der Waals surface area contributed by atoms with Crippen molar-refractivity contribution in [3.63, 3.8) is 0 Å². The van der Waals surface area contributed by atoms with Crippen LogP contribution in [0.15, 0.2) is 176 Å². The lowest BCUT2D eigenvalue weighted by atomic mass is 9.54. The predicted octanol–water partition coefficient (Wildman–Crippen LogP) is 13.4. The van der Waals surface area contributed by atoms with E-state index in [1.54, 1.807) is 0 Å². The molecule has 0 fully saturated rings. The third-order valence-electron chi connectivity index (χ3n) is 11.0. The highest BCUT2D eigenvalue weighted by Crippen LogP contribution is 2.56. The lowest BCUT2D eigenvalue weighted by molar-refractivity contribution is 0.299. The highest BCUT2D eigenvalue weighted by Gasteiger charge is 2.46. The SMILES string of the molecule is CC1(C)c2cc(-c3cc(-c4ccccc4)cc(N(c4ccccc4)c4ccccc4)c3)ccc2-c2c(-c3ccccc3)cccc2C1(C)C. The first kappa shape index (κ1) is 30.7. The first-order valence-electron chi connectivity index (χ1n) is 17.3. The summed E-state index contributed by atoms with van der Waals surface area (Å²) in [5.74, 6) is 0. The third kappa shape index (κ3) is 5.27. The van der Waals surface area contributed by atoms with Gasteiger partial charge in [0.1, 0.15) is 0 Å². The summed E-state index contributed by atoms with van der Waals surface area (Å²) in [6.07, 6.45) is 0. The van der Waals surface area contributed by atoms with Gasteiger partial charge in [-0.2, -0.15) is 0 Å². The Morgan fingerprint density at radius 3 is 1.43 bits per heavy atom. The van der Waals surface area contributed by atoms with Gasteiger partial charge in [0.15, 0.2) is 0 Å². The van der Waals surface area contributed by atoms with Crippen molar-refractivity contribution in [2.75, 3.05) is 4.90 Å². The van der Waals surface area contributed by atoms with E-state index in [0.717, 1.165) is 17.1 Å². The molecule has 7 aromatic rings. The second kappa shape index (κ2) is 12.1. The number of nitrogens with zero attached hydrogens (tertiary/aromatic N) is 1. The summed E-state index contributed by atoms with van der Waals surface area (Å²) >= 11 is 0. The number of anilines is 3. The van der Waals surface area contributed by atoms with Crippen molar-refractivity contribution in [3.05, 3.63) is 187 Å². The average molecular weight is 632 g/mol. The molecule has 1 aliphatic rings. The van der Waals surface area contributed by atoms with Gasteiger partial charge in [0.25, 0.3) is 0 Å². The van der Waals surface area contributed by atoms with Gasteiger partial charge in [-0.3, -0.25) is 0 Å². The van der Waals surface area contributed by atoms with Crippen molar-refractivity contribution in [3.8, 4) is 44.5 Å². The molecule has 0 aromatic heterocycles. The molecular formula is C48H41N. The summed E-state index contributed by atoms with van der Waals surface area (Å²) in [5, 5.41) is 0. The van der Waals surface area contributed by atoms with E-state index in [9.17, 15) is 0 Å². The minimum atomic E-state index is -0.110. The molecule has 238 valence electrons. The van der Waals surface area contributed by atoms with Gasteiger partial charge in [0.05, 0.1) is 0 Å². The zero-order chi connectivity index (χ0) is 33.6. The Morgan fingerprint density at radius 2 is 0.837 bits per heavy atom. The molecule has 0 unspecified atom stereocenters. The fourth-order valence-electron chi connectivity index (χ4n) is 7.66. The molecule has 0 saturated heterocycles. The van der Waals surface area contributed by atoms with E-state index in [1.165, 1.54) is 55.6 Å². The van der Waals surface area contributed by atoms with Crippen molar-refractivity contribution in [2.45, 2.75) is 38.5 Å². The smallest absolute Gasteiger partial charge is 0.0473 e. The fourth-order valence-corrected chi connectivity index (χ4v) is 7.66. The number of hydrogen-bond donors (Lipinski definition) is 0. The van der Waals surface area contributed by atoms with Crippen LogP contribution in [0.2, 0.25) is 0 Å². The normalized spacial score (nSPS) is 14.0. The lowest BCUT2D eigenvalue weighted by Gasteiger charge is -2.49. The molecule has 0 spiro atoms. The van der Waals surface area contributed by atoms with Crippen LogP contribution in [0.3, 0.4) is 0 Å². The zero-order valence-corrected chi connectivity index (χ0v) is 28.7. The van der Waals surface area contributed by atoms with Gasteiger partial charge in [-0.15, -0.1) is 0 Å². The molecule has 1 heteroatoms. The molecule has 0 amide bonds. The van der Waals surface area contributed by atoms with Crippen molar-refractivity contribution in [1.82, 2.24) is 0 Å². The third-order valence-corrected chi connectivity index (χ3v) is 11.0. The molecular weight excluding hydrogens is 591 g/mol. The minimum Gasteiger partial charge on any atom is -0.310 e. The highest BCUT2D eigenvalue weighted by molar-refractivity contribution is 5.92. The summed E-state index contributed by atoms with van der Waals surface area (Å²) in [6.45, 7) is 9.68. The van der Waals surface area contributed by atoms with Crippen LogP contribution in [-0.4, -0.2) is 0 Å². The Bertz CT molecular complexity index is 2210. The standard InChI is InChI=1S/C48H41N/c1-47(2)44-27-17-26-42(35-20-11-6-12-21-35)46(44)43-29-28-36(33-45(43)48(47,3)4)38-30-37(34-18-9-5-10-19-34)31-41(32-38)49(39-22-13-7-14-23-39)40-24-15-8-16-25-40/h5-33H,1-4H3. The second-order valence-electron chi connectivity index (χ2n) is 14.2. The Balaban J connectivity index is 1.36. The summed E-state index contributed by atoms with van der Waals surface area (Å²) in [4.78, 5) is 2.36. The highest BCUT2D eigenvalue weighted by atomic mass is 15.1. The predicted molar refractivity (Wildman–Crippen MR) is 209 cm³/mol. The molecule has 0 heterocycles. The summed E-state index contributed by atoms with van der Waals surface area (Å²) in [6, 6.07) is 64.1. The molecule has 0 saturated carbocycles. The van der Waals surface area contributed by atoms with Crippen LogP contribution >= 0.6 is 0 Å². The monoisotopic (exact) mass is 631 g/mol. The molecule has 7 aromatic carbocycles. The van der Waals surface area contributed by atoms with Gasteiger partial charge >= 0.3 is 0 Å². The van der Waals surface area contributed by atoms with Crippen molar-refractivity contribution >= 4 is 17.1 Å². The van der Waals surface area contributed by atoms with Crippen LogP contribution < -0.4 is 4.90 Å². The molecule has 1 aliphatic carbocycles. The second-order valence-corrected chi connectivity index (χ2v) is 14.2. The van der Waals surface area contributed by atoms with E-state index in [2.05, 4.69) is 209 Å². The van der Waals surface area contributed by atoms with Crippen molar-refractivity contribution < 1.29 is 0 Å². The first-order valence-corrected chi connectivity index (χ1v) is 17.3. The first-order chi connectivity index (χ1) is 23.8. The van der Waals surface area contributed by atoms with Gasteiger partial charge < -0.3 is 4.90 Å². The number of para-hydroxylation sites is 2. The maximum Gasteiger partial charge on any atom is 0.0473 e. The molecule has 0 aliphatic heterocycles. The summed E-state index contributed by atoms with van der Waals surface area (Å²) in [5.41, 5.74) is 16.0. The molecule has 0 radical (unpaired) electrons. The molecule has 0 N–H and O–H groups in total. The molecule has 49 heavy (non-hydrogen) atoms. The lowest BCUT2D eigenvalue weighted by Crippen LogP contribution is -2.43. The van der Waals surface area contributed by atoms with Crippen molar-refractivity contribution in [2.24, 2.45) is 0 Å². The molecule has 1 nitrogen and oxygen atoms in total. The van der Waals surface area contributed by atoms with Crippen LogP contribution in [0, 0.1) is 0 Å². The Hall–Kier alpha value is -5.66. The summed E-state index contributed by atoms with van der Waals surface area (Å²) < 4.78 is 0. The largest absolute Gasteiger partial charge is 0.310 e. The van der Waals surface area contributed by atoms with Crippen LogP contribution in [0.4, 0.5) is 17.1 Å². The van der Waals surface area contributed by atoms with E-state index in [1.807, 2.05) is 0 Å². The Labute approximate surface area is 291 Å². The van der Waals surface area contributed by atoms with E-state index >= 15 is 0 Å². The van der Waals surface area contributed by atoms with Crippen LogP contribution in [0.25, 0.3) is 44.5 Å². The zero-order valence-electron chi connectivity index (χ0n) is 28.7. The van der Waals surface area contributed by atoms with E-state index in [0.29, 0.717) is 0 Å². The summed E-state index contributed by atoms with van der Waals surface area (Å²) in [7, 11) is 0. The van der Waals surface area contributed by atoms with E-state index in [4.69, 9.17) is 0 Å². The van der Waals surface area contributed by atoms with Gasteiger partial charge in [-0.05, 0) is 115 Å². The van der Waals surface area contributed by atoms with E-state index in [-0.39, 0.29) is 10.8 Å². The number of fused-ring (bicyclic) bond motifs is 3. The number of rotatable bonds is 6. The minimum absolute atomic E-state index is 0.0901. The van der Waals surface area contributed by atoms with Gasteiger partial charge in [0.2, 0.25) is 0 Å². The molecule has 0 atom stereocenters. The van der Waals surface area contributed by atoms with Crippen LogP contribution in [0.1, 0.15) is 38.8 Å². The number of benzene rings is 7. The molecule has 0 bridgehead atoms.